The van der Waals surface area contributed by atoms with Crippen molar-refractivity contribution in [3.8, 4) is 28.8 Å². The zero-order valence-corrected chi connectivity index (χ0v) is 21.7. The molecule has 0 radical (unpaired) electrons. The predicted octanol–water partition coefficient (Wildman–Crippen LogP) is 6.85. The lowest BCUT2D eigenvalue weighted by atomic mass is 9.95. The summed E-state index contributed by atoms with van der Waals surface area (Å²) >= 11 is 0. The first-order valence-electron chi connectivity index (χ1n) is 13.5. The number of carbonyl (C=O) groups is 1. The average molecular weight is 497 g/mol. The highest BCUT2D eigenvalue weighted by Gasteiger charge is 2.19. The quantitative estimate of drug-likeness (QED) is 0.179. The molecule has 0 atom stereocenters. The van der Waals surface area contributed by atoms with Crippen LogP contribution in [0.25, 0.3) is 23.0 Å². The summed E-state index contributed by atoms with van der Waals surface area (Å²) < 4.78 is 7.69. The number of hydrogen-bond acceptors (Lipinski definition) is 4. The number of nitrogens with one attached hydrogen (secondary N) is 1. The highest BCUT2D eigenvalue weighted by atomic mass is 16.5. The Balaban J connectivity index is 1.58. The Kier molecular flexibility index (Phi) is 9.54. The van der Waals surface area contributed by atoms with E-state index in [1.54, 1.807) is 10.8 Å². The van der Waals surface area contributed by atoms with Crippen LogP contribution in [0.2, 0.25) is 0 Å². The largest absolute Gasteiger partial charge is 0.494 e. The second kappa shape index (κ2) is 13.5. The van der Waals surface area contributed by atoms with Crippen LogP contribution in [0.5, 0.6) is 5.75 Å². The van der Waals surface area contributed by atoms with Gasteiger partial charge in [-0.3, -0.25) is 4.79 Å². The van der Waals surface area contributed by atoms with Gasteiger partial charge in [0.1, 0.15) is 17.4 Å². The molecule has 1 aliphatic carbocycles. The van der Waals surface area contributed by atoms with Crippen molar-refractivity contribution < 1.29 is 9.53 Å². The number of unbranched alkanes of at least 4 members (excludes halogenated alkanes) is 3. The van der Waals surface area contributed by atoms with Crippen molar-refractivity contribution in [2.75, 3.05) is 6.61 Å². The molecule has 3 aromatic rings. The van der Waals surface area contributed by atoms with Crippen molar-refractivity contribution in [1.82, 2.24) is 15.1 Å². The first-order valence-corrected chi connectivity index (χ1v) is 13.5. The number of amides is 1. The Labute approximate surface area is 220 Å². The monoisotopic (exact) mass is 496 g/mol. The molecule has 0 bridgehead atoms. The van der Waals surface area contributed by atoms with Crippen molar-refractivity contribution in [3.05, 3.63) is 71.9 Å². The molecule has 0 saturated heterocycles. The zero-order valence-electron chi connectivity index (χ0n) is 21.7. The summed E-state index contributed by atoms with van der Waals surface area (Å²) in [6.45, 7) is 2.91. The van der Waals surface area contributed by atoms with Gasteiger partial charge in [0.2, 0.25) is 0 Å². The normalized spacial score (nSPS) is 14.2. The molecule has 6 nitrogen and oxygen atoms in total. The first kappa shape index (κ1) is 26.2. The number of hydrogen-bond donors (Lipinski definition) is 1. The van der Waals surface area contributed by atoms with Crippen LogP contribution < -0.4 is 10.1 Å². The third kappa shape index (κ3) is 7.33. The summed E-state index contributed by atoms with van der Waals surface area (Å²) in [5.41, 5.74) is 3.31. The fourth-order valence-corrected chi connectivity index (χ4v) is 4.67. The molecule has 1 fully saturated rings. The van der Waals surface area contributed by atoms with Crippen LogP contribution in [0.4, 0.5) is 0 Å². The van der Waals surface area contributed by atoms with Gasteiger partial charge < -0.3 is 10.1 Å². The number of para-hydroxylation sites is 1. The summed E-state index contributed by atoms with van der Waals surface area (Å²) in [5.74, 6) is 0.504. The number of nitrogens with zero attached hydrogens (tertiary/aromatic N) is 3. The molecule has 0 spiro atoms. The first-order chi connectivity index (χ1) is 18.2. The number of carbonyl (C=O) groups excluding carboxylic acids is 1. The lowest BCUT2D eigenvalue weighted by molar-refractivity contribution is -0.117. The van der Waals surface area contributed by atoms with Crippen LogP contribution in [0.1, 0.15) is 70.3 Å². The predicted molar refractivity (Wildman–Crippen MR) is 147 cm³/mol. The van der Waals surface area contributed by atoms with E-state index in [1.807, 2.05) is 60.8 Å². The molecule has 4 rings (SSSR count). The van der Waals surface area contributed by atoms with Gasteiger partial charge >= 0.3 is 0 Å². The fraction of sp³-hybridized carbons (Fsp3) is 0.387. The second-order valence-electron chi connectivity index (χ2n) is 9.62. The summed E-state index contributed by atoms with van der Waals surface area (Å²) in [6.07, 6.45) is 13.5. The summed E-state index contributed by atoms with van der Waals surface area (Å²) in [5, 5.41) is 17.7. The number of nitriles is 1. The van der Waals surface area contributed by atoms with Gasteiger partial charge in [-0.25, -0.2) is 4.68 Å². The van der Waals surface area contributed by atoms with Crippen molar-refractivity contribution in [2.45, 2.75) is 70.8 Å². The SMILES string of the molecule is CCCCCCOc1ccc(-c2nn(-c3ccccc3)cc2/C=C(\C#N)C(=O)NC2CCCCC2)cc1. The van der Waals surface area contributed by atoms with Crippen LogP contribution in [0.15, 0.2) is 66.4 Å². The van der Waals surface area contributed by atoms with Gasteiger partial charge in [-0.1, -0.05) is 63.6 Å². The van der Waals surface area contributed by atoms with E-state index in [2.05, 4.69) is 18.3 Å². The van der Waals surface area contributed by atoms with Gasteiger partial charge in [0, 0.05) is 23.4 Å². The number of rotatable bonds is 11. The van der Waals surface area contributed by atoms with Crippen molar-refractivity contribution in [2.24, 2.45) is 0 Å². The van der Waals surface area contributed by atoms with Gasteiger partial charge in [0.15, 0.2) is 0 Å². The van der Waals surface area contributed by atoms with Crippen molar-refractivity contribution in [3.63, 3.8) is 0 Å². The molecule has 0 unspecified atom stereocenters. The number of ether oxygens (including phenoxy) is 1. The Morgan fingerprint density at radius 3 is 2.54 bits per heavy atom. The Hall–Kier alpha value is -3.85. The summed E-state index contributed by atoms with van der Waals surface area (Å²) in [4.78, 5) is 12.9. The summed E-state index contributed by atoms with van der Waals surface area (Å²) in [7, 11) is 0. The molecule has 1 heterocycles. The van der Waals surface area contributed by atoms with E-state index in [-0.39, 0.29) is 17.5 Å². The van der Waals surface area contributed by atoms with Crippen LogP contribution in [0, 0.1) is 11.3 Å². The minimum absolute atomic E-state index is 0.0893. The van der Waals surface area contributed by atoms with Gasteiger partial charge in [-0.05, 0) is 61.7 Å². The summed E-state index contributed by atoms with van der Waals surface area (Å²) in [6, 6.07) is 19.9. The number of benzene rings is 2. The number of aromatic nitrogens is 2. The Morgan fingerprint density at radius 2 is 1.84 bits per heavy atom. The average Bonchev–Trinajstić information content (AvgIpc) is 3.37. The lowest BCUT2D eigenvalue weighted by Gasteiger charge is -2.22. The van der Waals surface area contributed by atoms with E-state index in [1.165, 1.54) is 25.7 Å². The molecular weight excluding hydrogens is 460 g/mol. The minimum Gasteiger partial charge on any atom is -0.494 e. The van der Waals surface area contributed by atoms with Crippen LogP contribution >= 0.6 is 0 Å². The maximum Gasteiger partial charge on any atom is 0.262 e. The highest BCUT2D eigenvalue weighted by Crippen LogP contribution is 2.28. The van der Waals surface area contributed by atoms with E-state index in [4.69, 9.17) is 9.84 Å². The Bertz CT molecular complexity index is 1220. The third-order valence-corrected chi connectivity index (χ3v) is 6.76. The van der Waals surface area contributed by atoms with E-state index >= 15 is 0 Å². The third-order valence-electron chi connectivity index (χ3n) is 6.76. The van der Waals surface area contributed by atoms with Crippen LogP contribution in [0.3, 0.4) is 0 Å². The van der Waals surface area contributed by atoms with Crippen molar-refractivity contribution >= 4 is 12.0 Å². The topological polar surface area (TPSA) is 79.9 Å². The maximum absolute atomic E-state index is 12.9. The molecule has 6 heteroatoms. The molecule has 1 aliphatic rings. The zero-order chi connectivity index (χ0) is 25.9. The van der Waals surface area contributed by atoms with E-state index in [0.29, 0.717) is 17.9 Å². The molecule has 2 aromatic carbocycles. The molecule has 1 aromatic heterocycles. The molecule has 1 amide bonds. The van der Waals surface area contributed by atoms with Gasteiger partial charge in [-0.15, -0.1) is 0 Å². The molecule has 37 heavy (non-hydrogen) atoms. The van der Waals surface area contributed by atoms with E-state index in [0.717, 1.165) is 49.1 Å². The standard InChI is InChI=1S/C31H36N4O2/c1-2-3-4-11-20-37-29-18-16-24(17-19-29)30-26(23-35(34-30)28-14-9-6-10-15-28)21-25(22-32)31(36)33-27-12-7-5-8-13-27/h6,9-10,14-19,21,23,27H,2-5,7-8,11-13,20H2,1H3,(H,33,36)/b25-21+. The Morgan fingerprint density at radius 1 is 1.08 bits per heavy atom. The molecule has 0 aliphatic heterocycles. The molecular formula is C31H36N4O2. The van der Waals surface area contributed by atoms with Crippen LogP contribution in [-0.4, -0.2) is 28.3 Å². The van der Waals surface area contributed by atoms with Gasteiger partial charge in [0.05, 0.1) is 18.0 Å². The molecule has 1 N–H and O–H groups in total. The second-order valence-corrected chi connectivity index (χ2v) is 9.62. The van der Waals surface area contributed by atoms with E-state index in [9.17, 15) is 10.1 Å². The van der Waals surface area contributed by atoms with E-state index < -0.39 is 0 Å². The van der Waals surface area contributed by atoms with Crippen molar-refractivity contribution in [1.29, 1.82) is 5.26 Å². The smallest absolute Gasteiger partial charge is 0.262 e. The van der Waals surface area contributed by atoms with Crippen LogP contribution in [-0.2, 0) is 4.79 Å². The molecule has 1 saturated carbocycles. The fourth-order valence-electron chi connectivity index (χ4n) is 4.67. The van der Waals surface area contributed by atoms with Gasteiger partial charge in [0.25, 0.3) is 5.91 Å². The minimum atomic E-state index is -0.320. The molecule has 192 valence electrons. The maximum atomic E-state index is 12.9. The lowest BCUT2D eigenvalue weighted by Crippen LogP contribution is -2.36. The van der Waals surface area contributed by atoms with Gasteiger partial charge in [-0.2, -0.15) is 10.4 Å². The highest BCUT2D eigenvalue weighted by molar-refractivity contribution is 6.02.